The fourth-order valence-corrected chi connectivity index (χ4v) is 1.38. The molecule has 1 aliphatic carbocycles. The Kier molecular flexibility index (Phi) is 3.93. The van der Waals surface area contributed by atoms with E-state index in [2.05, 4.69) is 0 Å². The van der Waals surface area contributed by atoms with Crippen LogP contribution in [-0.4, -0.2) is 12.6 Å². The summed E-state index contributed by atoms with van der Waals surface area (Å²) >= 11 is 0. The van der Waals surface area contributed by atoms with E-state index >= 15 is 0 Å². The standard InChI is InChI=1S/C11H13NO2/c1-2-14-11(13)10(8-12)9-6-4-3-5-7-9/h4,6H,2-3,5,7H2,1H3/b10-9-. The lowest BCUT2D eigenvalue weighted by Gasteiger charge is -2.09. The van der Waals surface area contributed by atoms with E-state index in [9.17, 15) is 4.79 Å². The van der Waals surface area contributed by atoms with Crippen molar-refractivity contribution in [3.8, 4) is 6.07 Å². The Morgan fingerprint density at radius 3 is 3.00 bits per heavy atom. The lowest BCUT2D eigenvalue weighted by molar-refractivity contribution is -0.138. The van der Waals surface area contributed by atoms with Gasteiger partial charge in [0.05, 0.1) is 6.61 Å². The molecule has 0 spiro atoms. The fraction of sp³-hybridized carbons (Fsp3) is 0.455. The molecule has 3 heteroatoms. The van der Waals surface area contributed by atoms with Crippen molar-refractivity contribution in [2.24, 2.45) is 0 Å². The van der Waals surface area contributed by atoms with Crippen LogP contribution in [0.5, 0.6) is 0 Å². The van der Waals surface area contributed by atoms with Gasteiger partial charge < -0.3 is 4.74 Å². The maximum Gasteiger partial charge on any atom is 0.349 e. The lowest BCUT2D eigenvalue weighted by Crippen LogP contribution is -2.09. The molecule has 0 radical (unpaired) electrons. The van der Waals surface area contributed by atoms with Crippen LogP contribution in [0.1, 0.15) is 26.2 Å². The van der Waals surface area contributed by atoms with Gasteiger partial charge in [0.1, 0.15) is 11.6 Å². The topological polar surface area (TPSA) is 50.1 Å². The second kappa shape index (κ2) is 5.23. The summed E-state index contributed by atoms with van der Waals surface area (Å²) in [5, 5.41) is 8.83. The second-order valence-corrected chi connectivity index (χ2v) is 3.03. The summed E-state index contributed by atoms with van der Waals surface area (Å²) < 4.78 is 4.79. The maximum atomic E-state index is 11.3. The van der Waals surface area contributed by atoms with Crippen molar-refractivity contribution in [1.29, 1.82) is 5.26 Å². The van der Waals surface area contributed by atoms with Crippen LogP contribution in [0.25, 0.3) is 0 Å². The molecule has 0 aromatic heterocycles. The number of hydrogen-bond donors (Lipinski definition) is 0. The molecule has 0 unspecified atom stereocenters. The van der Waals surface area contributed by atoms with Gasteiger partial charge in [0, 0.05) is 0 Å². The molecule has 0 amide bonds. The van der Waals surface area contributed by atoms with E-state index in [4.69, 9.17) is 10.00 Å². The Hall–Kier alpha value is -1.56. The smallest absolute Gasteiger partial charge is 0.349 e. The van der Waals surface area contributed by atoms with Crippen LogP contribution < -0.4 is 0 Å². The minimum atomic E-state index is -0.503. The van der Waals surface area contributed by atoms with Crippen molar-refractivity contribution >= 4 is 5.97 Å². The zero-order valence-corrected chi connectivity index (χ0v) is 8.25. The normalized spacial score (nSPS) is 18.6. The van der Waals surface area contributed by atoms with Gasteiger partial charge in [0.2, 0.25) is 0 Å². The second-order valence-electron chi connectivity index (χ2n) is 3.03. The molecule has 0 bridgehead atoms. The molecule has 0 aromatic carbocycles. The Morgan fingerprint density at radius 1 is 1.71 bits per heavy atom. The molecule has 0 aromatic rings. The van der Waals surface area contributed by atoms with E-state index in [-0.39, 0.29) is 5.57 Å². The number of rotatable bonds is 2. The van der Waals surface area contributed by atoms with E-state index in [1.54, 1.807) is 6.92 Å². The average Bonchev–Trinajstić information content (AvgIpc) is 2.21. The highest BCUT2D eigenvalue weighted by Crippen LogP contribution is 2.20. The maximum absolute atomic E-state index is 11.3. The zero-order valence-electron chi connectivity index (χ0n) is 8.25. The monoisotopic (exact) mass is 191 g/mol. The Balaban J connectivity index is 2.89. The number of allylic oxidation sites excluding steroid dienone is 3. The first kappa shape index (κ1) is 10.5. The summed E-state index contributed by atoms with van der Waals surface area (Å²) in [4.78, 5) is 11.3. The van der Waals surface area contributed by atoms with Crippen molar-refractivity contribution in [3.63, 3.8) is 0 Å². The van der Waals surface area contributed by atoms with Gasteiger partial charge in [-0.05, 0) is 31.8 Å². The number of ether oxygens (including phenoxy) is 1. The predicted octanol–water partition coefficient (Wildman–Crippen LogP) is 2.11. The van der Waals surface area contributed by atoms with Crippen molar-refractivity contribution in [1.82, 2.24) is 0 Å². The van der Waals surface area contributed by atoms with E-state index < -0.39 is 5.97 Å². The van der Waals surface area contributed by atoms with E-state index in [0.29, 0.717) is 6.61 Å². The minimum Gasteiger partial charge on any atom is -0.462 e. The molecule has 0 saturated carbocycles. The zero-order chi connectivity index (χ0) is 10.4. The first-order chi connectivity index (χ1) is 6.79. The van der Waals surface area contributed by atoms with Gasteiger partial charge in [-0.1, -0.05) is 12.2 Å². The molecule has 0 atom stereocenters. The summed E-state index contributed by atoms with van der Waals surface area (Å²) in [6, 6.07) is 1.91. The molecule has 74 valence electrons. The van der Waals surface area contributed by atoms with E-state index in [1.165, 1.54) is 0 Å². The highest BCUT2D eigenvalue weighted by atomic mass is 16.5. The number of nitriles is 1. The largest absolute Gasteiger partial charge is 0.462 e. The summed E-state index contributed by atoms with van der Waals surface area (Å²) in [7, 11) is 0. The van der Waals surface area contributed by atoms with Crippen LogP contribution in [0.4, 0.5) is 0 Å². The number of nitrogens with zero attached hydrogens (tertiary/aromatic N) is 1. The molecule has 1 rings (SSSR count). The van der Waals surface area contributed by atoms with Crippen molar-refractivity contribution < 1.29 is 9.53 Å². The number of esters is 1. The molecule has 0 N–H and O–H groups in total. The molecule has 0 heterocycles. The van der Waals surface area contributed by atoms with Gasteiger partial charge in [-0.15, -0.1) is 0 Å². The molecule has 1 aliphatic rings. The van der Waals surface area contributed by atoms with Crippen LogP contribution in [0, 0.1) is 11.3 Å². The van der Waals surface area contributed by atoms with Crippen molar-refractivity contribution in [2.75, 3.05) is 6.61 Å². The number of carbonyl (C=O) groups excluding carboxylic acids is 1. The van der Waals surface area contributed by atoms with Gasteiger partial charge in [-0.3, -0.25) is 0 Å². The molecule has 0 fully saturated rings. The van der Waals surface area contributed by atoms with Crippen molar-refractivity contribution in [3.05, 3.63) is 23.3 Å². The Bertz CT molecular complexity index is 321. The van der Waals surface area contributed by atoms with Crippen LogP contribution in [0.15, 0.2) is 23.3 Å². The molecule has 0 saturated heterocycles. The summed E-state index contributed by atoms with van der Waals surface area (Å²) in [6.07, 6.45) is 6.63. The first-order valence-electron chi connectivity index (χ1n) is 4.76. The highest BCUT2D eigenvalue weighted by Gasteiger charge is 2.15. The van der Waals surface area contributed by atoms with Gasteiger partial charge in [0.15, 0.2) is 0 Å². The molecule has 3 nitrogen and oxygen atoms in total. The SMILES string of the molecule is CCOC(=O)/C(C#N)=C1/C=CCCC1. The summed E-state index contributed by atoms with van der Waals surface area (Å²) in [5.74, 6) is -0.503. The minimum absolute atomic E-state index is 0.155. The van der Waals surface area contributed by atoms with Gasteiger partial charge >= 0.3 is 5.97 Å². The predicted molar refractivity (Wildman–Crippen MR) is 52.3 cm³/mol. The first-order valence-corrected chi connectivity index (χ1v) is 4.76. The van der Waals surface area contributed by atoms with Crippen LogP contribution >= 0.6 is 0 Å². The number of hydrogen-bond acceptors (Lipinski definition) is 3. The van der Waals surface area contributed by atoms with Crippen LogP contribution in [-0.2, 0) is 9.53 Å². The third-order valence-electron chi connectivity index (χ3n) is 2.05. The van der Waals surface area contributed by atoms with E-state index in [1.807, 2.05) is 18.2 Å². The molecular formula is C11H13NO2. The molecule has 0 aliphatic heterocycles. The fourth-order valence-electron chi connectivity index (χ4n) is 1.38. The van der Waals surface area contributed by atoms with Crippen LogP contribution in [0.3, 0.4) is 0 Å². The lowest BCUT2D eigenvalue weighted by atomic mass is 9.97. The average molecular weight is 191 g/mol. The van der Waals surface area contributed by atoms with Gasteiger partial charge in [-0.25, -0.2) is 4.79 Å². The Morgan fingerprint density at radius 2 is 2.50 bits per heavy atom. The third kappa shape index (κ3) is 2.46. The third-order valence-corrected chi connectivity index (χ3v) is 2.05. The van der Waals surface area contributed by atoms with E-state index in [0.717, 1.165) is 24.8 Å². The quantitative estimate of drug-likeness (QED) is 0.381. The Labute approximate surface area is 83.7 Å². The van der Waals surface area contributed by atoms with Gasteiger partial charge in [0.25, 0.3) is 0 Å². The highest BCUT2D eigenvalue weighted by molar-refractivity contribution is 5.94. The van der Waals surface area contributed by atoms with Crippen LogP contribution in [0.2, 0.25) is 0 Å². The number of carbonyl (C=O) groups is 1. The molecule has 14 heavy (non-hydrogen) atoms. The molecular weight excluding hydrogens is 178 g/mol. The van der Waals surface area contributed by atoms with Gasteiger partial charge in [-0.2, -0.15) is 5.26 Å². The summed E-state index contributed by atoms with van der Waals surface area (Å²) in [6.45, 7) is 2.04. The summed E-state index contributed by atoms with van der Waals surface area (Å²) in [5.41, 5.74) is 0.958. The van der Waals surface area contributed by atoms with Crippen molar-refractivity contribution in [2.45, 2.75) is 26.2 Å².